The molecule has 0 aliphatic rings. The number of aryl methyl sites for hydroxylation is 1. The Morgan fingerprint density at radius 3 is 2.62 bits per heavy atom. The lowest BCUT2D eigenvalue weighted by Crippen LogP contribution is -2.13. The van der Waals surface area contributed by atoms with Crippen molar-refractivity contribution in [1.29, 1.82) is 0 Å². The Labute approximate surface area is 152 Å². The normalized spacial score (nSPS) is 10.5. The minimum absolute atomic E-state index is 0.204. The number of anilines is 1. The van der Waals surface area contributed by atoms with Crippen LogP contribution in [0.4, 0.5) is 5.95 Å². The Morgan fingerprint density at radius 1 is 1.12 bits per heavy atom. The van der Waals surface area contributed by atoms with Crippen LogP contribution in [-0.4, -0.2) is 26.1 Å². The number of rotatable bonds is 8. The summed E-state index contributed by atoms with van der Waals surface area (Å²) in [5.41, 5.74) is 1.59. The van der Waals surface area contributed by atoms with E-state index in [1.54, 1.807) is 24.3 Å². The van der Waals surface area contributed by atoms with Crippen molar-refractivity contribution in [3.63, 3.8) is 0 Å². The number of ether oxygens (including phenoxy) is 1. The van der Waals surface area contributed by atoms with Crippen LogP contribution in [0.1, 0.15) is 35.7 Å². The molecule has 0 saturated carbocycles. The largest absolute Gasteiger partial charge is 0.489 e. The van der Waals surface area contributed by atoms with Crippen molar-refractivity contribution in [3.05, 3.63) is 65.7 Å². The van der Waals surface area contributed by atoms with Crippen LogP contribution in [0.3, 0.4) is 0 Å². The Bertz CT molecular complexity index is 831. The minimum atomic E-state index is -0.283. The number of hydrogen-bond donors (Lipinski definition) is 1. The van der Waals surface area contributed by atoms with E-state index >= 15 is 0 Å². The predicted octanol–water partition coefficient (Wildman–Crippen LogP) is 3.30. The molecule has 0 aliphatic carbocycles. The molecule has 1 N–H and O–H groups in total. The lowest BCUT2D eigenvalue weighted by Gasteiger charge is -2.07. The second-order valence-electron chi connectivity index (χ2n) is 5.82. The van der Waals surface area contributed by atoms with Crippen molar-refractivity contribution >= 4 is 11.9 Å². The van der Waals surface area contributed by atoms with Crippen LogP contribution in [0.25, 0.3) is 0 Å². The molecule has 7 nitrogen and oxygen atoms in total. The fraction of sp³-hybridized carbons (Fsp3) is 0.263. The van der Waals surface area contributed by atoms with Crippen molar-refractivity contribution < 1.29 is 9.53 Å². The van der Waals surface area contributed by atoms with E-state index in [2.05, 4.69) is 27.7 Å². The molecule has 2 aromatic carbocycles. The van der Waals surface area contributed by atoms with Crippen LogP contribution in [-0.2, 0) is 13.2 Å². The number of carbonyl (C=O) groups excluding carboxylic acids is 1. The van der Waals surface area contributed by atoms with Gasteiger partial charge in [0.1, 0.15) is 12.4 Å². The molecule has 1 aromatic heterocycles. The molecule has 0 saturated heterocycles. The third-order valence-electron chi connectivity index (χ3n) is 3.75. The highest BCUT2D eigenvalue weighted by atomic mass is 16.5. The molecule has 3 rings (SSSR count). The predicted molar refractivity (Wildman–Crippen MR) is 97.9 cm³/mol. The molecular weight excluding hydrogens is 330 g/mol. The van der Waals surface area contributed by atoms with Crippen LogP contribution < -0.4 is 10.1 Å². The molecule has 1 amide bonds. The highest BCUT2D eigenvalue weighted by molar-refractivity contribution is 6.03. The van der Waals surface area contributed by atoms with Crippen molar-refractivity contribution in [1.82, 2.24) is 20.2 Å². The van der Waals surface area contributed by atoms with E-state index < -0.39 is 0 Å². The highest BCUT2D eigenvalue weighted by Crippen LogP contribution is 2.15. The number of amides is 1. The van der Waals surface area contributed by atoms with Crippen LogP contribution in [0, 0.1) is 0 Å². The van der Waals surface area contributed by atoms with Gasteiger partial charge in [0.25, 0.3) is 11.9 Å². The van der Waals surface area contributed by atoms with Crippen molar-refractivity contribution in [2.24, 2.45) is 0 Å². The number of carbonyl (C=O) groups is 1. The van der Waals surface area contributed by atoms with Crippen LogP contribution in [0.15, 0.2) is 54.6 Å². The smallest absolute Gasteiger partial charge is 0.270 e. The maximum atomic E-state index is 12.3. The molecule has 1 heterocycles. The molecule has 3 aromatic rings. The molecule has 7 heteroatoms. The molecule has 0 radical (unpaired) electrons. The van der Waals surface area contributed by atoms with Gasteiger partial charge in [-0.1, -0.05) is 48.8 Å². The van der Waals surface area contributed by atoms with Crippen molar-refractivity contribution in [2.45, 2.75) is 32.9 Å². The first-order chi connectivity index (χ1) is 12.7. The van der Waals surface area contributed by atoms with Gasteiger partial charge in [-0.3, -0.25) is 10.1 Å². The summed E-state index contributed by atoms with van der Waals surface area (Å²) in [5, 5.41) is 14.5. The average Bonchev–Trinajstić information content (AvgIpc) is 3.13. The zero-order chi connectivity index (χ0) is 18.2. The van der Waals surface area contributed by atoms with E-state index in [-0.39, 0.29) is 11.9 Å². The lowest BCUT2D eigenvalue weighted by molar-refractivity contribution is 0.102. The van der Waals surface area contributed by atoms with Gasteiger partial charge in [-0.2, -0.15) is 4.80 Å². The minimum Gasteiger partial charge on any atom is -0.489 e. The Balaban J connectivity index is 1.54. The molecule has 0 aliphatic heterocycles. The highest BCUT2D eigenvalue weighted by Gasteiger charge is 2.10. The summed E-state index contributed by atoms with van der Waals surface area (Å²) in [6.45, 7) is 3.26. The van der Waals surface area contributed by atoms with Crippen molar-refractivity contribution in [2.75, 3.05) is 5.32 Å². The van der Waals surface area contributed by atoms with Gasteiger partial charge in [-0.15, -0.1) is 5.10 Å². The van der Waals surface area contributed by atoms with Gasteiger partial charge in [0.15, 0.2) is 0 Å². The topological polar surface area (TPSA) is 81.9 Å². The summed E-state index contributed by atoms with van der Waals surface area (Å²) in [5.74, 6) is 0.624. The molecule has 26 heavy (non-hydrogen) atoms. The third-order valence-corrected chi connectivity index (χ3v) is 3.75. The average molecular weight is 351 g/mol. The molecule has 134 valence electrons. The second kappa shape index (κ2) is 8.75. The first kappa shape index (κ1) is 17.6. The van der Waals surface area contributed by atoms with Gasteiger partial charge in [-0.25, -0.2) is 0 Å². The Morgan fingerprint density at radius 2 is 1.88 bits per heavy atom. The molecular formula is C19H21N5O2. The fourth-order valence-electron chi connectivity index (χ4n) is 2.30. The maximum Gasteiger partial charge on any atom is 0.270 e. The van der Waals surface area contributed by atoms with Gasteiger partial charge in [0.2, 0.25) is 0 Å². The summed E-state index contributed by atoms with van der Waals surface area (Å²) in [7, 11) is 0. The van der Waals surface area contributed by atoms with E-state index in [1.807, 2.05) is 30.3 Å². The first-order valence-corrected chi connectivity index (χ1v) is 8.60. The zero-order valence-corrected chi connectivity index (χ0v) is 14.6. The Kier molecular flexibility index (Phi) is 5.92. The maximum absolute atomic E-state index is 12.3. The van der Waals surface area contributed by atoms with Crippen LogP contribution in [0.5, 0.6) is 5.75 Å². The molecule has 0 atom stereocenters. The van der Waals surface area contributed by atoms with E-state index in [9.17, 15) is 4.79 Å². The zero-order valence-electron chi connectivity index (χ0n) is 14.6. The number of tetrazole rings is 1. The van der Waals surface area contributed by atoms with Gasteiger partial charge in [-0.05, 0) is 41.5 Å². The SMILES string of the molecule is CCCCn1nnc(NC(=O)c2ccc(OCc3ccccc3)cc2)n1. The van der Waals surface area contributed by atoms with Crippen LogP contribution >= 0.6 is 0 Å². The standard InChI is InChI=1S/C19H21N5O2/c1-2-3-13-24-22-19(21-23-24)20-18(25)16-9-11-17(12-10-16)26-14-15-7-5-4-6-8-15/h4-12H,2-3,13-14H2,1H3,(H,20,22,25). The molecule has 0 bridgehead atoms. The van der Waals surface area contributed by atoms with Gasteiger partial charge < -0.3 is 4.74 Å². The van der Waals surface area contributed by atoms with Crippen LogP contribution in [0.2, 0.25) is 0 Å². The lowest BCUT2D eigenvalue weighted by atomic mass is 10.2. The monoisotopic (exact) mass is 351 g/mol. The summed E-state index contributed by atoms with van der Waals surface area (Å²) < 4.78 is 5.72. The molecule has 0 spiro atoms. The number of unbranched alkanes of at least 4 members (excludes halogenated alkanes) is 1. The third kappa shape index (κ3) is 4.89. The molecule has 0 fully saturated rings. The number of aromatic nitrogens is 4. The van der Waals surface area contributed by atoms with Gasteiger partial charge in [0.05, 0.1) is 6.54 Å². The fourth-order valence-corrected chi connectivity index (χ4v) is 2.30. The summed E-state index contributed by atoms with van der Waals surface area (Å²) in [6, 6.07) is 16.9. The quantitative estimate of drug-likeness (QED) is 0.673. The number of benzene rings is 2. The second-order valence-corrected chi connectivity index (χ2v) is 5.82. The number of hydrogen-bond acceptors (Lipinski definition) is 5. The summed E-state index contributed by atoms with van der Waals surface area (Å²) in [6.07, 6.45) is 2.01. The van der Waals surface area contributed by atoms with E-state index in [0.29, 0.717) is 24.5 Å². The summed E-state index contributed by atoms with van der Waals surface area (Å²) in [4.78, 5) is 13.7. The van der Waals surface area contributed by atoms with E-state index in [4.69, 9.17) is 4.74 Å². The molecule has 0 unspecified atom stereocenters. The van der Waals surface area contributed by atoms with E-state index in [0.717, 1.165) is 18.4 Å². The van der Waals surface area contributed by atoms with Crippen molar-refractivity contribution in [3.8, 4) is 5.75 Å². The van der Waals surface area contributed by atoms with Gasteiger partial charge in [0, 0.05) is 5.56 Å². The van der Waals surface area contributed by atoms with Gasteiger partial charge >= 0.3 is 0 Å². The first-order valence-electron chi connectivity index (χ1n) is 8.60. The number of nitrogens with zero attached hydrogens (tertiary/aromatic N) is 4. The number of nitrogens with one attached hydrogen (secondary N) is 1. The Hall–Kier alpha value is -3.22. The van der Waals surface area contributed by atoms with E-state index in [1.165, 1.54) is 4.80 Å². The summed E-state index contributed by atoms with van der Waals surface area (Å²) >= 11 is 0.